The van der Waals surface area contributed by atoms with E-state index in [1.54, 1.807) is 10.7 Å². The Morgan fingerprint density at radius 2 is 2.09 bits per heavy atom. The second-order valence-corrected chi connectivity index (χ2v) is 8.77. The van der Waals surface area contributed by atoms with E-state index in [4.69, 9.17) is 16.3 Å². The van der Waals surface area contributed by atoms with E-state index in [-0.39, 0.29) is 11.8 Å². The molecule has 4 aromatic rings. The summed E-state index contributed by atoms with van der Waals surface area (Å²) in [7, 11) is 1.87. The Kier molecular flexibility index (Phi) is 4.28. The summed E-state index contributed by atoms with van der Waals surface area (Å²) in [6.07, 6.45) is 4.23. The lowest BCUT2D eigenvalue weighted by molar-refractivity contribution is -0.121. The fourth-order valence-corrected chi connectivity index (χ4v) is 4.65. The lowest BCUT2D eigenvalue weighted by Gasteiger charge is -2.13. The van der Waals surface area contributed by atoms with E-state index in [9.17, 15) is 4.79 Å². The van der Waals surface area contributed by atoms with Crippen LogP contribution in [0, 0.1) is 11.3 Å². The summed E-state index contributed by atoms with van der Waals surface area (Å²) in [5.41, 5.74) is 3.90. The van der Waals surface area contributed by atoms with Crippen molar-refractivity contribution < 1.29 is 9.53 Å². The average molecular weight is 447 g/mol. The van der Waals surface area contributed by atoms with Gasteiger partial charge in [0.2, 0.25) is 5.91 Å². The molecule has 0 spiro atoms. The molecule has 1 saturated heterocycles. The Labute approximate surface area is 188 Å². The minimum absolute atomic E-state index is 0.0986. The number of hydrogen-bond donors (Lipinski definition) is 1. The van der Waals surface area contributed by atoms with Crippen LogP contribution in [0.2, 0.25) is 5.02 Å². The standard InChI is InChI=1S/C23H19ClN6O2/c1-30-9-15(18(29-30)13-5-3-2-4-6-13)19-20-17(25-12-26-19)7-16(24)21(27-20)28-22(31)23-8-14(23)10-32-11-23/h2-7,9,12,14H,8,10-11H2,1H3,(H,27,28,31). The molecular formula is C23H19ClN6O2. The first-order chi connectivity index (χ1) is 15.5. The molecule has 1 N–H and O–H groups in total. The summed E-state index contributed by atoms with van der Waals surface area (Å²) in [6, 6.07) is 11.6. The third-order valence-corrected chi connectivity index (χ3v) is 6.58. The van der Waals surface area contributed by atoms with Crippen molar-refractivity contribution in [1.29, 1.82) is 0 Å². The maximum atomic E-state index is 12.9. The number of anilines is 1. The Bertz CT molecular complexity index is 1370. The van der Waals surface area contributed by atoms with Crippen molar-refractivity contribution in [2.75, 3.05) is 18.5 Å². The summed E-state index contributed by atoms with van der Waals surface area (Å²) < 4.78 is 7.21. The summed E-state index contributed by atoms with van der Waals surface area (Å²) >= 11 is 6.46. The molecule has 1 aliphatic carbocycles. The smallest absolute Gasteiger partial charge is 0.234 e. The number of nitrogens with one attached hydrogen (secondary N) is 1. The molecule has 0 radical (unpaired) electrons. The van der Waals surface area contributed by atoms with E-state index in [2.05, 4.69) is 25.4 Å². The van der Waals surface area contributed by atoms with Gasteiger partial charge in [-0.1, -0.05) is 41.9 Å². The van der Waals surface area contributed by atoms with E-state index in [0.717, 1.165) is 23.2 Å². The summed E-state index contributed by atoms with van der Waals surface area (Å²) in [6.45, 7) is 1.08. The number of amides is 1. The van der Waals surface area contributed by atoms with Crippen LogP contribution in [-0.4, -0.2) is 43.9 Å². The molecule has 2 atom stereocenters. The lowest BCUT2D eigenvalue weighted by atomic mass is 10.0. The highest BCUT2D eigenvalue weighted by Crippen LogP contribution is 2.57. The third-order valence-electron chi connectivity index (χ3n) is 6.29. The fourth-order valence-electron chi connectivity index (χ4n) is 4.45. The number of fused-ring (bicyclic) bond motifs is 2. The maximum Gasteiger partial charge on any atom is 0.234 e. The number of hydrogen-bond acceptors (Lipinski definition) is 6. The molecular weight excluding hydrogens is 428 g/mol. The van der Waals surface area contributed by atoms with Gasteiger partial charge in [-0.15, -0.1) is 0 Å². The van der Waals surface area contributed by atoms with E-state index >= 15 is 0 Å². The lowest BCUT2D eigenvalue weighted by Crippen LogP contribution is -2.27. The van der Waals surface area contributed by atoms with Gasteiger partial charge in [-0.05, 0) is 12.5 Å². The number of aromatic nitrogens is 5. The van der Waals surface area contributed by atoms with Gasteiger partial charge in [-0.3, -0.25) is 9.48 Å². The average Bonchev–Trinajstić information content (AvgIpc) is 3.14. The van der Waals surface area contributed by atoms with Gasteiger partial charge in [0.15, 0.2) is 5.82 Å². The number of carbonyl (C=O) groups excluding carboxylic acids is 1. The van der Waals surface area contributed by atoms with Crippen LogP contribution in [-0.2, 0) is 16.6 Å². The number of pyridine rings is 1. The summed E-state index contributed by atoms with van der Waals surface area (Å²) in [5.74, 6) is 0.486. The number of ether oxygens (including phenoxy) is 1. The highest BCUT2D eigenvalue weighted by Gasteiger charge is 2.63. The van der Waals surface area contributed by atoms with Gasteiger partial charge < -0.3 is 10.1 Å². The van der Waals surface area contributed by atoms with Crippen LogP contribution in [0.15, 0.2) is 48.9 Å². The molecule has 9 heteroatoms. The van der Waals surface area contributed by atoms with Gasteiger partial charge in [0, 0.05) is 30.3 Å². The molecule has 1 aliphatic heterocycles. The minimum atomic E-state index is -0.445. The molecule has 4 heterocycles. The number of rotatable bonds is 4. The molecule has 8 nitrogen and oxygen atoms in total. The van der Waals surface area contributed by atoms with Crippen LogP contribution in [0.5, 0.6) is 0 Å². The molecule has 6 rings (SSSR count). The van der Waals surface area contributed by atoms with Crippen molar-refractivity contribution in [2.24, 2.45) is 18.4 Å². The van der Waals surface area contributed by atoms with Crippen molar-refractivity contribution >= 4 is 34.4 Å². The Hall–Kier alpha value is -3.36. The Morgan fingerprint density at radius 1 is 1.25 bits per heavy atom. The molecule has 1 saturated carbocycles. The fraction of sp³-hybridized carbons (Fsp3) is 0.261. The van der Waals surface area contributed by atoms with Crippen molar-refractivity contribution in [3.05, 3.63) is 53.9 Å². The van der Waals surface area contributed by atoms with Crippen LogP contribution in [0.4, 0.5) is 5.82 Å². The van der Waals surface area contributed by atoms with Gasteiger partial charge >= 0.3 is 0 Å². The molecule has 32 heavy (non-hydrogen) atoms. The SMILES string of the molecule is Cn1cc(-c2ncnc3cc(Cl)c(NC(=O)C45COCC4C5)nc23)c(-c2ccccc2)n1. The molecule has 2 unspecified atom stereocenters. The molecule has 1 amide bonds. The maximum absolute atomic E-state index is 12.9. The summed E-state index contributed by atoms with van der Waals surface area (Å²) in [5, 5.41) is 7.89. The van der Waals surface area contributed by atoms with E-state index in [1.807, 2.05) is 43.6 Å². The first kappa shape index (κ1) is 19.3. The molecule has 0 bridgehead atoms. The first-order valence-electron chi connectivity index (χ1n) is 10.3. The first-order valence-corrected chi connectivity index (χ1v) is 10.7. The second kappa shape index (κ2) is 7.08. The monoisotopic (exact) mass is 446 g/mol. The van der Waals surface area contributed by atoms with Gasteiger partial charge in [0.1, 0.15) is 23.2 Å². The quantitative estimate of drug-likeness (QED) is 0.513. The zero-order valence-electron chi connectivity index (χ0n) is 17.2. The van der Waals surface area contributed by atoms with Gasteiger partial charge in [-0.25, -0.2) is 15.0 Å². The third kappa shape index (κ3) is 2.98. The Morgan fingerprint density at radius 3 is 2.84 bits per heavy atom. The molecule has 2 fully saturated rings. The summed E-state index contributed by atoms with van der Waals surface area (Å²) in [4.78, 5) is 26.5. The molecule has 160 valence electrons. The zero-order chi connectivity index (χ0) is 21.9. The van der Waals surface area contributed by atoms with E-state index in [0.29, 0.717) is 40.8 Å². The van der Waals surface area contributed by atoms with Gasteiger partial charge in [0.25, 0.3) is 0 Å². The second-order valence-electron chi connectivity index (χ2n) is 8.37. The van der Waals surface area contributed by atoms with E-state index < -0.39 is 5.41 Å². The van der Waals surface area contributed by atoms with Crippen molar-refractivity contribution in [3.8, 4) is 22.5 Å². The van der Waals surface area contributed by atoms with Crippen molar-refractivity contribution in [3.63, 3.8) is 0 Å². The van der Waals surface area contributed by atoms with Crippen LogP contribution < -0.4 is 5.32 Å². The number of benzene rings is 1. The highest BCUT2D eigenvalue weighted by molar-refractivity contribution is 6.34. The van der Waals surface area contributed by atoms with E-state index in [1.165, 1.54) is 6.33 Å². The van der Waals surface area contributed by atoms with Crippen LogP contribution in [0.3, 0.4) is 0 Å². The minimum Gasteiger partial charge on any atom is -0.380 e. The zero-order valence-corrected chi connectivity index (χ0v) is 18.0. The predicted molar refractivity (Wildman–Crippen MR) is 120 cm³/mol. The number of carbonyl (C=O) groups is 1. The van der Waals surface area contributed by atoms with Crippen LogP contribution in [0.25, 0.3) is 33.5 Å². The molecule has 1 aromatic carbocycles. The van der Waals surface area contributed by atoms with Gasteiger partial charge in [0.05, 0.1) is 29.2 Å². The van der Waals surface area contributed by atoms with Crippen LogP contribution in [0.1, 0.15) is 6.42 Å². The number of aryl methyl sites for hydroxylation is 1. The van der Waals surface area contributed by atoms with Crippen LogP contribution >= 0.6 is 11.6 Å². The number of nitrogens with zero attached hydrogens (tertiary/aromatic N) is 5. The Balaban J connectivity index is 1.45. The molecule has 2 aliphatic rings. The topological polar surface area (TPSA) is 94.8 Å². The predicted octanol–water partition coefficient (Wildman–Crippen LogP) is 3.72. The number of halogens is 1. The molecule has 3 aromatic heterocycles. The normalized spacial score (nSPS) is 21.5. The van der Waals surface area contributed by atoms with Crippen molar-refractivity contribution in [1.82, 2.24) is 24.7 Å². The van der Waals surface area contributed by atoms with Crippen molar-refractivity contribution in [2.45, 2.75) is 6.42 Å². The highest BCUT2D eigenvalue weighted by atomic mass is 35.5. The van der Waals surface area contributed by atoms with Gasteiger partial charge in [-0.2, -0.15) is 5.10 Å². The largest absolute Gasteiger partial charge is 0.380 e.